The van der Waals surface area contributed by atoms with E-state index in [1.54, 1.807) is 28.8 Å². The van der Waals surface area contributed by atoms with Crippen LogP contribution >= 0.6 is 0 Å². The molecule has 0 aliphatic rings. The minimum absolute atomic E-state index is 0.0677. The van der Waals surface area contributed by atoms with Crippen LogP contribution in [0, 0.1) is 0 Å². The monoisotopic (exact) mass is 408 g/mol. The number of carboxylic acid groups (broad SMARTS) is 1. The lowest BCUT2D eigenvalue weighted by Gasteiger charge is -2.17. The normalized spacial score (nSPS) is 11.8. The summed E-state index contributed by atoms with van der Waals surface area (Å²) in [7, 11) is 0. The van der Waals surface area contributed by atoms with Gasteiger partial charge in [0, 0.05) is 18.1 Å². The van der Waals surface area contributed by atoms with Crippen LogP contribution in [0.3, 0.4) is 0 Å². The second-order valence-electron chi connectivity index (χ2n) is 6.87. The van der Waals surface area contributed by atoms with Crippen LogP contribution in [0.4, 0.5) is 0 Å². The molecule has 5 N–H and O–H groups in total. The van der Waals surface area contributed by atoms with Gasteiger partial charge < -0.3 is 25.9 Å². The maximum atomic E-state index is 13.1. The summed E-state index contributed by atoms with van der Waals surface area (Å²) in [4.78, 5) is 28.3. The zero-order valence-electron chi connectivity index (χ0n) is 16.6. The van der Waals surface area contributed by atoms with Crippen molar-refractivity contribution in [2.24, 2.45) is 16.5 Å². The molecule has 0 fully saturated rings. The van der Waals surface area contributed by atoms with Gasteiger partial charge in [0.25, 0.3) is 5.56 Å². The number of nitrogens with two attached hydrogens (primary N) is 2. The van der Waals surface area contributed by atoms with E-state index in [0.29, 0.717) is 24.2 Å². The Balaban J connectivity index is 2.11. The van der Waals surface area contributed by atoms with Gasteiger partial charge in [0.15, 0.2) is 12.2 Å². The highest BCUT2D eigenvalue weighted by atomic mass is 16.5. The molecule has 0 saturated heterocycles. The van der Waals surface area contributed by atoms with Gasteiger partial charge in [-0.15, -0.1) is 0 Å². The van der Waals surface area contributed by atoms with Crippen LogP contribution in [0.2, 0.25) is 0 Å². The minimum Gasteiger partial charge on any atom is -0.481 e. The van der Waals surface area contributed by atoms with Gasteiger partial charge in [0.1, 0.15) is 5.75 Å². The molecule has 30 heavy (non-hydrogen) atoms. The van der Waals surface area contributed by atoms with Crippen molar-refractivity contribution in [1.29, 1.82) is 0 Å². The zero-order valence-corrected chi connectivity index (χ0v) is 16.6. The Labute approximate surface area is 173 Å². The molecular weight excluding hydrogens is 384 g/mol. The first-order chi connectivity index (χ1) is 14.4. The Morgan fingerprint density at radius 3 is 2.53 bits per heavy atom. The number of benzene rings is 2. The number of aromatic nitrogens is 1. The number of nitrogens with zero attached hydrogens (tertiary/aromatic N) is 2. The standard InChI is InChI=1S/C22H24N4O4/c1-2-19(25-22(23)24)30-17-9-8-15-10-16(11-20(27)28)21(29)26(18(15)12-17)13-14-6-4-3-5-7-14/h3-10,12,19H,2,11,13H2,1H3,(H,27,28)(H4,23,24,25). The van der Waals surface area contributed by atoms with E-state index in [-0.39, 0.29) is 23.5 Å². The number of pyridine rings is 1. The molecule has 0 aliphatic carbocycles. The summed E-state index contributed by atoms with van der Waals surface area (Å²) >= 11 is 0. The van der Waals surface area contributed by atoms with Crippen molar-refractivity contribution in [3.05, 3.63) is 76.1 Å². The van der Waals surface area contributed by atoms with Gasteiger partial charge in [-0.1, -0.05) is 37.3 Å². The van der Waals surface area contributed by atoms with Crippen LogP contribution < -0.4 is 21.8 Å². The highest BCUT2D eigenvalue weighted by molar-refractivity contribution is 5.82. The van der Waals surface area contributed by atoms with Crippen molar-refractivity contribution in [2.45, 2.75) is 32.5 Å². The predicted molar refractivity (Wildman–Crippen MR) is 116 cm³/mol. The Bertz CT molecular complexity index is 1140. The Kier molecular flexibility index (Phi) is 6.36. The number of guanidine groups is 1. The van der Waals surface area contributed by atoms with Crippen LogP contribution in [-0.4, -0.2) is 27.8 Å². The summed E-state index contributed by atoms with van der Waals surface area (Å²) in [6.45, 7) is 2.19. The van der Waals surface area contributed by atoms with E-state index in [0.717, 1.165) is 10.9 Å². The molecule has 0 bridgehead atoms. The van der Waals surface area contributed by atoms with Crippen LogP contribution in [0.5, 0.6) is 5.75 Å². The first-order valence-corrected chi connectivity index (χ1v) is 9.55. The first-order valence-electron chi connectivity index (χ1n) is 9.55. The zero-order chi connectivity index (χ0) is 21.7. The number of hydrogen-bond donors (Lipinski definition) is 3. The topological polar surface area (TPSA) is 133 Å². The van der Waals surface area contributed by atoms with Crippen molar-refractivity contribution in [3.8, 4) is 5.75 Å². The third-order valence-corrected chi connectivity index (χ3v) is 4.58. The molecule has 3 aromatic rings. The van der Waals surface area contributed by atoms with Crippen molar-refractivity contribution < 1.29 is 14.6 Å². The lowest BCUT2D eigenvalue weighted by atomic mass is 10.1. The van der Waals surface area contributed by atoms with Gasteiger partial charge in [-0.25, -0.2) is 4.99 Å². The number of fused-ring (bicyclic) bond motifs is 1. The number of carbonyl (C=O) groups is 1. The Hall–Kier alpha value is -3.81. The van der Waals surface area contributed by atoms with Gasteiger partial charge in [-0.2, -0.15) is 0 Å². The maximum absolute atomic E-state index is 13.1. The van der Waals surface area contributed by atoms with Gasteiger partial charge in [0.05, 0.1) is 18.5 Å². The molecule has 0 radical (unpaired) electrons. The third-order valence-electron chi connectivity index (χ3n) is 4.58. The van der Waals surface area contributed by atoms with Crippen molar-refractivity contribution in [3.63, 3.8) is 0 Å². The summed E-state index contributed by atoms with van der Waals surface area (Å²) < 4.78 is 7.43. The van der Waals surface area contributed by atoms with Gasteiger partial charge in [-0.3, -0.25) is 9.59 Å². The summed E-state index contributed by atoms with van der Waals surface area (Å²) in [6, 6.07) is 16.4. The first kappa shape index (κ1) is 20.9. The van der Waals surface area contributed by atoms with Gasteiger partial charge in [-0.05, 0) is 29.1 Å². The molecule has 0 amide bonds. The molecule has 3 rings (SSSR count). The number of aliphatic carboxylic acids is 1. The van der Waals surface area contributed by atoms with E-state index in [1.165, 1.54) is 0 Å². The van der Waals surface area contributed by atoms with E-state index in [9.17, 15) is 14.7 Å². The molecular formula is C22H24N4O4. The van der Waals surface area contributed by atoms with Crippen molar-refractivity contribution in [1.82, 2.24) is 4.57 Å². The summed E-state index contributed by atoms with van der Waals surface area (Å²) in [6.07, 6.45) is -0.331. The number of aliphatic imine (C=N–C) groups is 1. The van der Waals surface area contributed by atoms with E-state index in [2.05, 4.69) is 4.99 Å². The van der Waals surface area contributed by atoms with Crippen LogP contribution in [0.15, 0.2) is 64.4 Å². The molecule has 0 saturated carbocycles. The average molecular weight is 408 g/mol. The smallest absolute Gasteiger partial charge is 0.308 e. The van der Waals surface area contributed by atoms with E-state index in [4.69, 9.17) is 16.2 Å². The fraction of sp³-hybridized carbons (Fsp3) is 0.227. The number of hydrogen-bond acceptors (Lipinski definition) is 4. The second kappa shape index (κ2) is 9.13. The molecule has 1 unspecified atom stereocenters. The fourth-order valence-electron chi connectivity index (χ4n) is 3.22. The lowest BCUT2D eigenvalue weighted by molar-refractivity contribution is -0.136. The van der Waals surface area contributed by atoms with E-state index >= 15 is 0 Å². The third kappa shape index (κ3) is 4.96. The van der Waals surface area contributed by atoms with Crippen LogP contribution in [0.1, 0.15) is 24.5 Å². The summed E-state index contributed by atoms with van der Waals surface area (Å²) in [5.74, 6) is -0.617. The van der Waals surface area contributed by atoms with Crippen LogP contribution in [0.25, 0.3) is 10.9 Å². The number of carboxylic acids is 1. The molecule has 0 aliphatic heterocycles. The number of rotatable bonds is 8. The quantitative estimate of drug-likeness (QED) is 0.386. The minimum atomic E-state index is -1.05. The van der Waals surface area contributed by atoms with Gasteiger partial charge in [0.2, 0.25) is 0 Å². The molecule has 2 aromatic carbocycles. The largest absolute Gasteiger partial charge is 0.481 e. The molecule has 8 nitrogen and oxygen atoms in total. The SMILES string of the molecule is CCC(N=C(N)N)Oc1ccc2cc(CC(=O)O)c(=O)n(Cc3ccccc3)c2c1. The highest BCUT2D eigenvalue weighted by Gasteiger charge is 2.14. The molecule has 156 valence electrons. The molecule has 1 aromatic heterocycles. The molecule has 0 spiro atoms. The van der Waals surface area contributed by atoms with E-state index < -0.39 is 12.2 Å². The summed E-state index contributed by atoms with van der Waals surface area (Å²) in [5.41, 5.74) is 12.3. The molecule has 1 atom stereocenters. The Morgan fingerprint density at radius 2 is 1.90 bits per heavy atom. The van der Waals surface area contributed by atoms with Crippen LogP contribution in [-0.2, 0) is 17.8 Å². The van der Waals surface area contributed by atoms with Crippen molar-refractivity contribution in [2.75, 3.05) is 0 Å². The maximum Gasteiger partial charge on any atom is 0.308 e. The molecule has 1 heterocycles. The predicted octanol–water partition coefficient (Wildman–Crippen LogP) is 2.07. The summed E-state index contributed by atoms with van der Waals surface area (Å²) in [5, 5.41) is 9.93. The second-order valence-corrected chi connectivity index (χ2v) is 6.87. The molecule has 8 heteroatoms. The van der Waals surface area contributed by atoms with Gasteiger partial charge >= 0.3 is 5.97 Å². The lowest BCUT2D eigenvalue weighted by Crippen LogP contribution is -2.27. The highest BCUT2D eigenvalue weighted by Crippen LogP contribution is 2.23. The average Bonchev–Trinajstić information content (AvgIpc) is 2.71. The fourth-order valence-corrected chi connectivity index (χ4v) is 3.22. The number of ether oxygens (including phenoxy) is 1. The Morgan fingerprint density at radius 1 is 1.17 bits per heavy atom. The van der Waals surface area contributed by atoms with Crippen molar-refractivity contribution >= 4 is 22.8 Å². The van der Waals surface area contributed by atoms with E-state index in [1.807, 2.05) is 37.3 Å².